The van der Waals surface area contributed by atoms with Crippen LogP contribution in [0.4, 0.5) is 4.79 Å². The van der Waals surface area contributed by atoms with Crippen molar-refractivity contribution in [2.45, 2.75) is 38.3 Å². The van der Waals surface area contributed by atoms with Crippen LogP contribution in [-0.2, 0) is 9.53 Å². The van der Waals surface area contributed by atoms with Crippen LogP contribution in [0.15, 0.2) is 72.9 Å². The molecule has 1 aliphatic rings. The van der Waals surface area contributed by atoms with Gasteiger partial charge in [-0.25, -0.2) is 9.78 Å². The van der Waals surface area contributed by atoms with Gasteiger partial charge >= 0.3 is 6.09 Å². The van der Waals surface area contributed by atoms with Gasteiger partial charge in [0.2, 0.25) is 5.91 Å². The Kier molecular flexibility index (Phi) is 6.71. The number of aromatic nitrogens is 2. The lowest BCUT2D eigenvalue weighted by molar-refractivity contribution is -0.134. The molecule has 0 saturated carbocycles. The van der Waals surface area contributed by atoms with E-state index in [1.165, 1.54) is 23.4 Å². The van der Waals surface area contributed by atoms with E-state index < -0.39 is 12.1 Å². The van der Waals surface area contributed by atoms with Crippen LogP contribution >= 0.6 is 0 Å². The van der Waals surface area contributed by atoms with Crippen LogP contribution in [0.1, 0.15) is 38.1 Å². The van der Waals surface area contributed by atoms with Gasteiger partial charge in [-0.3, -0.25) is 4.79 Å². The van der Waals surface area contributed by atoms with Gasteiger partial charge in [0, 0.05) is 6.54 Å². The molecular formula is C29H30N4O3. The van der Waals surface area contributed by atoms with Crippen molar-refractivity contribution in [2.24, 2.45) is 0 Å². The first-order valence-electron chi connectivity index (χ1n) is 12.4. The number of rotatable bonds is 6. The number of likely N-dealkylation sites (tertiary alicyclic amines) is 1. The highest BCUT2D eigenvalue weighted by atomic mass is 16.5. The average molecular weight is 483 g/mol. The molecule has 1 fully saturated rings. The maximum atomic E-state index is 13.2. The number of benzene rings is 3. The highest BCUT2D eigenvalue weighted by Crippen LogP contribution is 2.33. The number of fused-ring (bicyclic) bond motifs is 1. The molecule has 1 aromatic heterocycles. The second-order valence-electron chi connectivity index (χ2n) is 9.11. The Morgan fingerprint density at radius 2 is 1.78 bits per heavy atom. The highest BCUT2D eigenvalue weighted by molar-refractivity contribution is 5.88. The van der Waals surface area contributed by atoms with Gasteiger partial charge in [-0.1, -0.05) is 67.6 Å². The molecule has 4 aromatic rings. The predicted octanol–water partition coefficient (Wildman–Crippen LogP) is 5.70. The van der Waals surface area contributed by atoms with Crippen molar-refractivity contribution < 1.29 is 14.3 Å². The summed E-state index contributed by atoms with van der Waals surface area (Å²) in [5, 5.41) is 5.09. The van der Waals surface area contributed by atoms with E-state index in [-0.39, 0.29) is 11.9 Å². The van der Waals surface area contributed by atoms with E-state index >= 15 is 0 Å². The molecule has 0 spiro atoms. The van der Waals surface area contributed by atoms with Crippen LogP contribution in [0, 0.1) is 0 Å². The third-order valence-corrected chi connectivity index (χ3v) is 6.91. The molecule has 2 heterocycles. The number of carbonyl (C=O) groups is 2. The fourth-order valence-electron chi connectivity index (χ4n) is 4.92. The zero-order valence-corrected chi connectivity index (χ0v) is 20.5. The van der Waals surface area contributed by atoms with Gasteiger partial charge < -0.3 is 19.9 Å². The maximum Gasteiger partial charge on any atom is 0.407 e. The van der Waals surface area contributed by atoms with Gasteiger partial charge in [0.1, 0.15) is 11.9 Å². The smallest absolute Gasteiger partial charge is 0.407 e. The lowest BCUT2D eigenvalue weighted by Crippen LogP contribution is -2.48. The van der Waals surface area contributed by atoms with Crippen LogP contribution in [0.3, 0.4) is 0 Å². The summed E-state index contributed by atoms with van der Waals surface area (Å²) in [6.45, 7) is 2.51. The monoisotopic (exact) mass is 482 g/mol. The molecule has 7 nitrogen and oxygen atoms in total. The SMILES string of the molecule is CCC(NC(=O)OC)C(=O)N1CCCC1c1ncc(-c2ccc(-c3ccc4ccccc4c3)cc2)[nH]1. The minimum absolute atomic E-state index is 0.108. The van der Waals surface area contributed by atoms with Crippen LogP contribution in [-0.4, -0.2) is 46.6 Å². The van der Waals surface area contributed by atoms with Crippen LogP contribution in [0.5, 0.6) is 0 Å². The molecule has 0 bridgehead atoms. The van der Waals surface area contributed by atoms with Crippen molar-refractivity contribution in [2.75, 3.05) is 13.7 Å². The lowest BCUT2D eigenvalue weighted by atomic mass is 10.00. The highest BCUT2D eigenvalue weighted by Gasteiger charge is 2.35. The third kappa shape index (κ3) is 4.69. The third-order valence-electron chi connectivity index (χ3n) is 6.91. The molecule has 3 aromatic carbocycles. The first-order chi connectivity index (χ1) is 17.6. The summed E-state index contributed by atoms with van der Waals surface area (Å²) in [4.78, 5) is 34.7. The molecular weight excluding hydrogens is 452 g/mol. The molecule has 2 N–H and O–H groups in total. The Morgan fingerprint density at radius 1 is 1.06 bits per heavy atom. The lowest BCUT2D eigenvalue weighted by Gasteiger charge is -2.27. The molecule has 2 unspecified atom stereocenters. The predicted molar refractivity (Wildman–Crippen MR) is 140 cm³/mol. The molecule has 2 atom stereocenters. The fraction of sp³-hybridized carbons (Fsp3) is 0.276. The van der Waals surface area contributed by atoms with Crippen molar-refractivity contribution in [1.29, 1.82) is 0 Å². The quantitative estimate of drug-likeness (QED) is 0.369. The number of imidazole rings is 1. The zero-order valence-electron chi connectivity index (χ0n) is 20.5. The van der Waals surface area contributed by atoms with Gasteiger partial charge in [0.15, 0.2) is 0 Å². The van der Waals surface area contributed by atoms with Crippen molar-refractivity contribution >= 4 is 22.8 Å². The minimum Gasteiger partial charge on any atom is -0.453 e. The number of hydrogen-bond donors (Lipinski definition) is 2. The Balaban J connectivity index is 1.33. The molecule has 1 saturated heterocycles. The van der Waals surface area contributed by atoms with E-state index in [1.54, 1.807) is 0 Å². The summed E-state index contributed by atoms with van der Waals surface area (Å²) in [5.74, 6) is 0.658. The Hall–Kier alpha value is -4.13. The van der Waals surface area contributed by atoms with E-state index in [0.29, 0.717) is 13.0 Å². The Morgan fingerprint density at radius 3 is 2.53 bits per heavy atom. The van der Waals surface area contributed by atoms with E-state index in [9.17, 15) is 9.59 Å². The van der Waals surface area contributed by atoms with Gasteiger partial charge in [-0.05, 0) is 52.8 Å². The Labute approximate surface area is 210 Å². The Bertz CT molecular complexity index is 1380. The van der Waals surface area contributed by atoms with Gasteiger partial charge in [-0.15, -0.1) is 0 Å². The summed E-state index contributed by atoms with van der Waals surface area (Å²) in [6.07, 6.45) is 3.43. The standard InChI is InChI=1S/C29H30N4O3/c1-3-24(32-29(35)36-2)28(34)33-16-6-9-26(33)27-30-18-25(31-27)21-13-10-20(11-14-21)23-15-12-19-7-4-5-8-22(19)17-23/h4-5,7-8,10-15,17-18,24,26H,3,6,9,16H2,1-2H3,(H,30,31)(H,32,35). The topological polar surface area (TPSA) is 87.3 Å². The number of nitrogens with one attached hydrogen (secondary N) is 2. The van der Waals surface area contributed by atoms with E-state index in [1.807, 2.05) is 18.0 Å². The van der Waals surface area contributed by atoms with Crippen molar-refractivity contribution in [3.63, 3.8) is 0 Å². The summed E-state index contributed by atoms with van der Waals surface area (Å²) in [5.41, 5.74) is 4.28. The van der Waals surface area contributed by atoms with Gasteiger partial charge in [0.05, 0.1) is 25.0 Å². The second-order valence-corrected chi connectivity index (χ2v) is 9.11. The van der Waals surface area contributed by atoms with Crippen molar-refractivity contribution in [3.05, 3.63) is 78.8 Å². The van der Waals surface area contributed by atoms with Crippen LogP contribution in [0.2, 0.25) is 0 Å². The number of nitrogens with zero attached hydrogens (tertiary/aromatic N) is 2. The largest absolute Gasteiger partial charge is 0.453 e. The van der Waals surface area contributed by atoms with E-state index in [2.05, 4.69) is 86.8 Å². The normalized spacial score (nSPS) is 16.2. The number of hydrogen-bond acceptors (Lipinski definition) is 4. The number of H-pyrrole nitrogens is 1. The molecule has 0 aliphatic carbocycles. The molecule has 2 amide bonds. The molecule has 36 heavy (non-hydrogen) atoms. The minimum atomic E-state index is -0.616. The summed E-state index contributed by atoms with van der Waals surface area (Å²) in [6, 6.07) is 22.5. The fourth-order valence-corrected chi connectivity index (χ4v) is 4.92. The number of alkyl carbamates (subject to hydrolysis) is 1. The summed E-state index contributed by atoms with van der Waals surface area (Å²) < 4.78 is 4.68. The molecule has 0 radical (unpaired) electrons. The van der Waals surface area contributed by atoms with Crippen LogP contribution < -0.4 is 5.32 Å². The molecule has 7 heteroatoms. The molecule has 184 valence electrons. The maximum absolute atomic E-state index is 13.2. The summed E-state index contributed by atoms with van der Waals surface area (Å²) >= 11 is 0. The zero-order chi connectivity index (χ0) is 25.1. The number of carbonyl (C=O) groups excluding carboxylic acids is 2. The van der Waals surface area contributed by atoms with Crippen molar-refractivity contribution in [3.8, 4) is 22.4 Å². The number of ether oxygens (including phenoxy) is 1. The van der Waals surface area contributed by atoms with Gasteiger partial charge in [-0.2, -0.15) is 0 Å². The van der Waals surface area contributed by atoms with E-state index in [0.717, 1.165) is 35.5 Å². The summed E-state index contributed by atoms with van der Waals surface area (Å²) in [7, 11) is 1.30. The molecule has 1 aliphatic heterocycles. The number of aromatic amines is 1. The van der Waals surface area contributed by atoms with E-state index in [4.69, 9.17) is 0 Å². The number of methoxy groups -OCH3 is 1. The molecule has 5 rings (SSSR count). The first-order valence-corrected chi connectivity index (χ1v) is 12.4. The second kappa shape index (κ2) is 10.2. The van der Waals surface area contributed by atoms with Crippen LogP contribution in [0.25, 0.3) is 33.2 Å². The number of amides is 2. The average Bonchev–Trinajstić information content (AvgIpc) is 3.61. The first kappa shape index (κ1) is 23.6. The van der Waals surface area contributed by atoms with Crippen molar-refractivity contribution in [1.82, 2.24) is 20.2 Å². The van der Waals surface area contributed by atoms with Gasteiger partial charge in [0.25, 0.3) is 0 Å².